The van der Waals surface area contributed by atoms with E-state index in [4.69, 9.17) is 17.3 Å². The number of nitro benzene ring substituents is 1. The fourth-order valence-electron chi connectivity index (χ4n) is 6.13. The molecule has 0 amide bonds. The van der Waals surface area contributed by atoms with Crippen molar-refractivity contribution in [3.05, 3.63) is 126 Å². The predicted octanol–water partition coefficient (Wildman–Crippen LogP) is 8.24. The lowest BCUT2D eigenvalue weighted by atomic mass is 9.68. The van der Waals surface area contributed by atoms with Crippen LogP contribution in [0.25, 0.3) is 0 Å². The van der Waals surface area contributed by atoms with Crippen LogP contribution in [0.5, 0.6) is 0 Å². The number of aryl methyl sites for hydroxylation is 2. The average Bonchev–Trinajstić information content (AvgIpc) is 2.94. The topological polar surface area (TPSA) is 113 Å². The Morgan fingerprint density at radius 2 is 1.81 bits per heavy atom. The Morgan fingerprint density at radius 1 is 1.09 bits per heavy atom. The van der Waals surface area contributed by atoms with Gasteiger partial charge >= 0.3 is 0 Å². The Labute approximate surface area is 261 Å². The van der Waals surface area contributed by atoms with E-state index in [2.05, 4.69) is 37.3 Å². The highest BCUT2D eigenvalue weighted by Crippen LogP contribution is 2.51. The van der Waals surface area contributed by atoms with Crippen molar-refractivity contribution in [2.75, 3.05) is 4.90 Å². The predicted molar refractivity (Wildman–Crippen MR) is 173 cm³/mol. The number of hydrogen-bond acceptors (Lipinski definition) is 7. The number of Topliss-reactive ketones (excluding diaryl/α,β-unsaturated/α-hetero) is 1. The van der Waals surface area contributed by atoms with Crippen molar-refractivity contribution in [3.63, 3.8) is 0 Å². The first-order valence-electron chi connectivity index (χ1n) is 14.0. The number of rotatable bonds is 7. The average molecular weight is 613 g/mol. The van der Waals surface area contributed by atoms with Crippen LogP contribution in [0.2, 0.25) is 5.02 Å². The molecule has 0 aromatic heterocycles. The Balaban J connectivity index is 1.64. The number of thioether (sulfide) groups is 1. The van der Waals surface area contributed by atoms with Crippen LogP contribution in [0, 0.1) is 40.7 Å². The highest BCUT2D eigenvalue weighted by Gasteiger charge is 2.45. The standard InChI is InChI=1S/C34H33ClN4O3S/c1-20-12-21(2)25(13-23(20)19-43-18-22-8-6-5-7-9-22)31-26(17-36)33(37)38(24-10-11-27(35)28(14-24)39(41)42)29-15-34(3,4)16-30(40)32(29)31/h5-14,31H,15-16,18-19,37H2,1-4H3. The lowest BCUT2D eigenvalue weighted by molar-refractivity contribution is -0.384. The molecule has 0 bridgehead atoms. The number of hydrogen-bond donors (Lipinski definition) is 1. The monoisotopic (exact) mass is 612 g/mol. The lowest BCUT2D eigenvalue weighted by Gasteiger charge is -2.44. The summed E-state index contributed by atoms with van der Waals surface area (Å²) in [6, 6.07) is 21.3. The van der Waals surface area contributed by atoms with E-state index in [1.807, 2.05) is 50.7 Å². The van der Waals surface area contributed by atoms with Crippen molar-refractivity contribution in [1.29, 1.82) is 5.26 Å². The molecule has 43 heavy (non-hydrogen) atoms. The van der Waals surface area contributed by atoms with E-state index in [9.17, 15) is 20.2 Å². The number of carbonyl (C=O) groups excluding carboxylic acids is 1. The van der Waals surface area contributed by atoms with E-state index in [1.54, 1.807) is 11.0 Å². The molecule has 0 saturated heterocycles. The lowest BCUT2D eigenvalue weighted by Crippen LogP contribution is -2.42. The van der Waals surface area contributed by atoms with E-state index in [-0.39, 0.29) is 33.3 Å². The van der Waals surface area contributed by atoms with Gasteiger partial charge in [0, 0.05) is 35.3 Å². The molecule has 0 spiro atoms. The second-order valence-corrected chi connectivity index (χ2v) is 13.4. The summed E-state index contributed by atoms with van der Waals surface area (Å²) in [7, 11) is 0. The van der Waals surface area contributed by atoms with Gasteiger partial charge in [0.15, 0.2) is 5.78 Å². The van der Waals surface area contributed by atoms with Gasteiger partial charge in [0.2, 0.25) is 0 Å². The molecule has 1 aliphatic heterocycles. The summed E-state index contributed by atoms with van der Waals surface area (Å²) in [5, 5.41) is 22.2. The maximum absolute atomic E-state index is 14.0. The summed E-state index contributed by atoms with van der Waals surface area (Å²) in [4.78, 5) is 26.8. The first-order valence-corrected chi connectivity index (χ1v) is 15.6. The second kappa shape index (κ2) is 11.9. The zero-order valence-electron chi connectivity index (χ0n) is 24.6. The molecule has 0 saturated carbocycles. The van der Waals surface area contributed by atoms with Gasteiger partial charge in [0.1, 0.15) is 10.8 Å². The largest absolute Gasteiger partial charge is 0.384 e. The molecule has 9 heteroatoms. The summed E-state index contributed by atoms with van der Waals surface area (Å²) in [5.74, 6) is 1.11. The molecule has 1 atom stereocenters. The number of nitriles is 1. The van der Waals surface area contributed by atoms with Crippen LogP contribution in [0.4, 0.5) is 11.4 Å². The van der Waals surface area contributed by atoms with Crippen molar-refractivity contribution in [1.82, 2.24) is 0 Å². The fourth-order valence-corrected chi connectivity index (χ4v) is 7.38. The minimum atomic E-state index is -0.638. The zero-order valence-corrected chi connectivity index (χ0v) is 26.2. The van der Waals surface area contributed by atoms with E-state index in [1.165, 1.54) is 17.7 Å². The maximum Gasteiger partial charge on any atom is 0.289 e. The normalized spacial score (nSPS) is 18.0. The third-order valence-corrected chi connectivity index (χ3v) is 9.54. The minimum Gasteiger partial charge on any atom is -0.384 e. The first kappa shape index (κ1) is 30.4. The maximum atomic E-state index is 14.0. The summed E-state index contributed by atoms with van der Waals surface area (Å²) < 4.78 is 0. The van der Waals surface area contributed by atoms with E-state index in [0.717, 1.165) is 33.8 Å². The molecule has 2 N–H and O–H groups in total. The first-order chi connectivity index (χ1) is 20.4. The van der Waals surface area contributed by atoms with Crippen LogP contribution in [0.15, 0.2) is 83.3 Å². The van der Waals surface area contributed by atoms with Gasteiger partial charge in [0.25, 0.3) is 5.69 Å². The number of nitrogens with zero attached hydrogens (tertiary/aromatic N) is 3. The minimum absolute atomic E-state index is 0.00566. The third-order valence-electron chi connectivity index (χ3n) is 8.17. The zero-order chi connectivity index (χ0) is 31.1. The van der Waals surface area contributed by atoms with Crippen molar-refractivity contribution < 1.29 is 9.72 Å². The molecule has 7 nitrogen and oxygen atoms in total. The number of ketones is 1. The van der Waals surface area contributed by atoms with Crippen molar-refractivity contribution >= 4 is 40.5 Å². The van der Waals surface area contributed by atoms with Crippen molar-refractivity contribution in [2.24, 2.45) is 11.1 Å². The molecule has 1 heterocycles. The van der Waals surface area contributed by atoms with E-state index in [0.29, 0.717) is 29.8 Å². The quantitative estimate of drug-likeness (QED) is 0.211. The smallest absolute Gasteiger partial charge is 0.289 e. The molecule has 0 radical (unpaired) electrons. The SMILES string of the molecule is Cc1cc(C)c(C2C(C#N)=C(N)N(c3ccc(Cl)c([N+](=O)[O-])c3)C3=C2C(=O)CC(C)(C)C3)cc1CSCc1ccccc1. The number of carbonyl (C=O) groups is 1. The van der Waals surface area contributed by atoms with Gasteiger partial charge in [-0.2, -0.15) is 17.0 Å². The highest BCUT2D eigenvalue weighted by molar-refractivity contribution is 7.97. The molecule has 5 rings (SSSR count). The van der Waals surface area contributed by atoms with Crippen molar-refractivity contribution in [2.45, 2.75) is 58.0 Å². The molecular weight excluding hydrogens is 580 g/mol. The summed E-state index contributed by atoms with van der Waals surface area (Å²) in [6.45, 7) is 8.12. The molecule has 1 aliphatic carbocycles. The van der Waals surface area contributed by atoms with Gasteiger partial charge < -0.3 is 5.73 Å². The van der Waals surface area contributed by atoms with Gasteiger partial charge in [0.05, 0.1) is 28.2 Å². The Bertz CT molecular complexity index is 1740. The third kappa shape index (κ3) is 5.93. The van der Waals surface area contributed by atoms with Gasteiger partial charge in [-0.25, -0.2) is 0 Å². The van der Waals surface area contributed by atoms with Crippen LogP contribution >= 0.6 is 23.4 Å². The molecule has 1 unspecified atom stereocenters. The molecule has 220 valence electrons. The Morgan fingerprint density at radius 3 is 2.49 bits per heavy atom. The number of nitrogens with two attached hydrogens (primary N) is 1. The van der Waals surface area contributed by atoms with Crippen LogP contribution in [-0.4, -0.2) is 10.7 Å². The molecule has 2 aliphatic rings. The molecular formula is C34H33ClN4O3S. The molecule has 0 fully saturated rings. The van der Waals surface area contributed by atoms with Crippen LogP contribution in [0.1, 0.15) is 60.4 Å². The van der Waals surface area contributed by atoms with Crippen LogP contribution in [-0.2, 0) is 16.3 Å². The van der Waals surface area contributed by atoms with Crippen molar-refractivity contribution in [3.8, 4) is 6.07 Å². The highest BCUT2D eigenvalue weighted by atomic mass is 35.5. The van der Waals surface area contributed by atoms with E-state index >= 15 is 0 Å². The number of nitro groups is 1. The number of anilines is 1. The summed E-state index contributed by atoms with van der Waals surface area (Å²) >= 11 is 7.94. The fraction of sp³-hybridized carbons (Fsp3) is 0.294. The molecule has 3 aromatic rings. The van der Waals surface area contributed by atoms with Gasteiger partial charge in [-0.1, -0.05) is 67.9 Å². The number of benzene rings is 3. The number of allylic oxidation sites excluding steroid dienone is 3. The Hall–Kier alpha value is -4.06. The van der Waals surface area contributed by atoms with Gasteiger partial charge in [-0.05, 0) is 65.6 Å². The van der Waals surface area contributed by atoms with E-state index < -0.39 is 10.8 Å². The second-order valence-electron chi connectivity index (χ2n) is 12.0. The van der Waals surface area contributed by atoms with Gasteiger partial charge in [-0.3, -0.25) is 19.8 Å². The number of halogens is 1. The van der Waals surface area contributed by atoms with Crippen LogP contribution < -0.4 is 10.6 Å². The Kier molecular flexibility index (Phi) is 8.42. The van der Waals surface area contributed by atoms with Gasteiger partial charge in [-0.15, -0.1) is 0 Å². The van der Waals surface area contributed by atoms with Crippen LogP contribution in [0.3, 0.4) is 0 Å². The summed E-state index contributed by atoms with van der Waals surface area (Å²) in [6.07, 6.45) is 0.825. The molecule has 3 aromatic carbocycles. The summed E-state index contributed by atoms with van der Waals surface area (Å²) in [5.41, 5.74) is 13.4.